The van der Waals surface area contributed by atoms with Crippen LogP contribution >= 0.6 is 0 Å². The molecule has 122 valence electrons. The molecule has 0 atom stereocenters. The third kappa shape index (κ3) is 3.30. The van der Waals surface area contributed by atoms with Crippen molar-refractivity contribution in [2.24, 2.45) is 0 Å². The first kappa shape index (κ1) is 17.7. The van der Waals surface area contributed by atoms with Gasteiger partial charge in [0, 0.05) is 11.1 Å². The van der Waals surface area contributed by atoms with Gasteiger partial charge in [-0.2, -0.15) is 0 Å². The van der Waals surface area contributed by atoms with Crippen LogP contribution in [0.1, 0.15) is 48.2 Å². The second kappa shape index (κ2) is 7.74. The number of hydrogen-bond donors (Lipinski definition) is 0. The fourth-order valence-corrected chi connectivity index (χ4v) is 2.83. The molecular formula is C23H25N. The van der Waals surface area contributed by atoms with E-state index in [9.17, 15) is 0 Å². The topological polar surface area (TPSA) is 12.9 Å². The molecule has 0 radical (unpaired) electrons. The van der Waals surface area contributed by atoms with E-state index >= 15 is 0 Å². The van der Waals surface area contributed by atoms with Crippen molar-refractivity contribution in [3.8, 4) is 0 Å². The van der Waals surface area contributed by atoms with Gasteiger partial charge in [0.15, 0.2) is 0 Å². The fraction of sp³-hybridized carbons (Fsp3) is 0.174. The van der Waals surface area contributed by atoms with Crippen molar-refractivity contribution in [1.82, 2.24) is 4.98 Å². The van der Waals surface area contributed by atoms with Gasteiger partial charge in [-0.15, -0.1) is 0 Å². The van der Waals surface area contributed by atoms with E-state index in [-0.39, 0.29) is 0 Å². The number of aryl methyl sites for hydroxylation is 1. The molecule has 2 rings (SSSR count). The summed E-state index contributed by atoms with van der Waals surface area (Å²) in [5.41, 5.74) is 7.26. The SMILES string of the molecule is C=CC(=C)c1cc2nc(C)c(/C=C\CC)cc2c(/C=C\C)c1C=C. The zero-order valence-corrected chi connectivity index (χ0v) is 14.9. The van der Waals surface area contributed by atoms with Crippen molar-refractivity contribution >= 4 is 34.7 Å². The molecule has 24 heavy (non-hydrogen) atoms. The molecular weight excluding hydrogens is 290 g/mol. The van der Waals surface area contributed by atoms with Crippen LogP contribution in [0.2, 0.25) is 0 Å². The Bertz CT molecular complexity index is 863. The predicted octanol–water partition coefficient (Wildman–Crippen LogP) is 6.84. The first-order valence-corrected chi connectivity index (χ1v) is 8.29. The van der Waals surface area contributed by atoms with Crippen LogP contribution in [0.3, 0.4) is 0 Å². The number of aromatic nitrogens is 1. The van der Waals surface area contributed by atoms with Gasteiger partial charge in [0.05, 0.1) is 5.52 Å². The average molecular weight is 315 g/mol. The van der Waals surface area contributed by atoms with E-state index in [4.69, 9.17) is 4.98 Å². The van der Waals surface area contributed by atoms with E-state index < -0.39 is 0 Å². The number of pyridine rings is 1. The number of nitrogens with zero attached hydrogens (tertiary/aromatic N) is 1. The van der Waals surface area contributed by atoms with Crippen LogP contribution in [0.15, 0.2) is 50.1 Å². The Morgan fingerprint density at radius 2 is 1.92 bits per heavy atom. The summed E-state index contributed by atoms with van der Waals surface area (Å²) in [6.07, 6.45) is 13.1. The summed E-state index contributed by atoms with van der Waals surface area (Å²) in [6.45, 7) is 18.2. The van der Waals surface area contributed by atoms with Gasteiger partial charge in [-0.1, -0.05) is 63.1 Å². The Balaban J connectivity index is 2.93. The highest BCUT2D eigenvalue weighted by Gasteiger charge is 2.13. The van der Waals surface area contributed by atoms with Crippen LogP contribution in [0.5, 0.6) is 0 Å². The lowest BCUT2D eigenvalue weighted by atomic mass is 9.91. The van der Waals surface area contributed by atoms with E-state index in [1.165, 1.54) is 0 Å². The molecule has 0 aliphatic rings. The molecule has 0 bridgehead atoms. The van der Waals surface area contributed by atoms with Gasteiger partial charge in [0.25, 0.3) is 0 Å². The molecule has 0 unspecified atom stereocenters. The van der Waals surface area contributed by atoms with Crippen LogP contribution in [0.4, 0.5) is 0 Å². The van der Waals surface area contributed by atoms with Gasteiger partial charge in [-0.05, 0) is 60.2 Å². The smallest absolute Gasteiger partial charge is 0.0718 e. The van der Waals surface area contributed by atoms with Crippen LogP contribution < -0.4 is 0 Å². The molecule has 1 nitrogen and oxygen atoms in total. The van der Waals surface area contributed by atoms with Crippen LogP contribution in [0, 0.1) is 6.92 Å². The molecule has 2 aromatic rings. The van der Waals surface area contributed by atoms with Crippen molar-refractivity contribution < 1.29 is 0 Å². The van der Waals surface area contributed by atoms with E-state index in [2.05, 4.69) is 57.0 Å². The standard InChI is InChI=1S/C23H25N/c1-7-11-13-18-14-22-20(12-8-2)19(10-4)21(16(5)9-3)15-23(22)24-17(18)6/h8-15H,3-5,7H2,1-2,6H3/b12-8-,13-11-. The summed E-state index contributed by atoms with van der Waals surface area (Å²) in [7, 11) is 0. The van der Waals surface area contributed by atoms with E-state index in [1.54, 1.807) is 6.08 Å². The summed E-state index contributed by atoms with van der Waals surface area (Å²) in [5.74, 6) is 0. The summed E-state index contributed by atoms with van der Waals surface area (Å²) < 4.78 is 0. The minimum absolute atomic E-state index is 0.881. The maximum atomic E-state index is 4.83. The first-order valence-electron chi connectivity index (χ1n) is 8.29. The highest BCUT2D eigenvalue weighted by molar-refractivity contribution is 5.98. The number of allylic oxidation sites excluding steroid dienone is 4. The molecule has 1 aromatic heterocycles. The third-order valence-corrected chi connectivity index (χ3v) is 4.10. The number of hydrogen-bond acceptors (Lipinski definition) is 1. The molecule has 0 saturated carbocycles. The minimum atomic E-state index is 0.881. The minimum Gasteiger partial charge on any atom is -0.252 e. The van der Waals surface area contributed by atoms with Crippen molar-refractivity contribution in [1.29, 1.82) is 0 Å². The molecule has 0 saturated heterocycles. The van der Waals surface area contributed by atoms with Crippen LogP contribution in [-0.2, 0) is 0 Å². The molecule has 1 heterocycles. The van der Waals surface area contributed by atoms with Crippen molar-refractivity contribution in [2.75, 3.05) is 0 Å². The molecule has 1 heteroatoms. The maximum Gasteiger partial charge on any atom is 0.0718 e. The predicted molar refractivity (Wildman–Crippen MR) is 110 cm³/mol. The van der Waals surface area contributed by atoms with E-state index in [0.717, 1.165) is 50.8 Å². The highest BCUT2D eigenvalue weighted by atomic mass is 14.7. The third-order valence-electron chi connectivity index (χ3n) is 4.10. The monoisotopic (exact) mass is 315 g/mol. The van der Waals surface area contributed by atoms with E-state index in [0.29, 0.717) is 0 Å². The largest absolute Gasteiger partial charge is 0.252 e. The van der Waals surface area contributed by atoms with Crippen molar-refractivity contribution in [3.63, 3.8) is 0 Å². The van der Waals surface area contributed by atoms with Gasteiger partial charge < -0.3 is 0 Å². The number of benzene rings is 1. The maximum absolute atomic E-state index is 4.83. The summed E-state index contributed by atoms with van der Waals surface area (Å²) in [6, 6.07) is 4.30. The van der Waals surface area contributed by atoms with Crippen LogP contribution in [0.25, 0.3) is 34.7 Å². The highest BCUT2D eigenvalue weighted by Crippen LogP contribution is 2.32. The quantitative estimate of drug-likeness (QED) is 0.532. The second-order valence-corrected chi connectivity index (χ2v) is 5.73. The lowest BCUT2D eigenvalue weighted by molar-refractivity contribution is 1.22. The van der Waals surface area contributed by atoms with Gasteiger partial charge in [0.1, 0.15) is 0 Å². The molecule has 0 aliphatic heterocycles. The van der Waals surface area contributed by atoms with Crippen molar-refractivity contribution in [3.05, 3.63) is 78.0 Å². The molecule has 0 aliphatic carbocycles. The van der Waals surface area contributed by atoms with Gasteiger partial charge >= 0.3 is 0 Å². The Labute approximate surface area is 145 Å². The van der Waals surface area contributed by atoms with Crippen molar-refractivity contribution in [2.45, 2.75) is 27.2 Å². The number of rotatable bonds is 6. The Kier molecular flexibility index (Phi) is 5.70. The number of fused-ring (bicyclic) bond motifs is 1. The zero-order valence-electron chi connectivity index (χ0n) is 14.9. The van der Waals surface area contributed by atoms with E-state index in [1.807, 2.05) is 26.0 Å². The lowest BCUT2D eigenvalue weighted by Gasteiger charge is -2.15. The Morgan fingerprint density at radius 3 is 2.50 bits per heavy atom. The van der Waals surface area contributed by atoms with Crippen LogP contribution in [-0.4, -0.2) is 4.98 Å². The normalized spacial score (nSPS) is 11.5. The van der Waals surface area contributed by atoms with Gasteiger partial charge in [0.2, 0.25) is 0 Å². The van der Waals surface area contributed by atoms with Gasteiger partial charge in [-0.3, -0.25) is 4.98 Å². The molecule has 0 fully saturated rings. The molecule has 0 spiro atoms. The first-order chi connectivity index (χ1) is 11.6. The summed E-state index contributed by atoms with van der Waals surface area (Å²) >= 11 is 0. The van der Waals surface area contributed by atoms with Gasteiger partial charge in [-0.25, -0.2) is 0 Å². The second-order valence-electron chi connectivity index (χ2n) is 5.73. The Morgan fingerprint density at radius 1 is 1.17 bits per heavy atom. The fourth-order valence-electron chi connectivity index (χ4n) is 2.83. The molecule has 0 amide bonds. The summed E-state index contributed by atoms with van der Waals surface area (Å²) in [4.78, 5) is 4.83. The zero-order chi connectivity index (χ0) is 17.7. The summed E-state index contributed by atoms with van der Waals surface area (Å²) in [5, 5.41) is 1.13. The Hall–Kier alpha value is -2.67. The molecule has 1 aromatic carbocycles. The average Bonchev–Trinajstić information content (AvgIpc) is 2.59. The molecule has 0 N–H and O–H groups in total. The lowest BCUT2D eigenvalue weighted by Crippen LogP contribution is -1.97.